The van der Waals surface area contributed by atoms with Gasteiger partial charge in [-0.25, -0.2) is 9.97 Å². The molecule has 0 aliphatic rings. The number of hydrogen-bond acceptors (Lipinski definition) is 5. The summed E-state index contributed by atoms with van der Waals surface area (Å²) in [6.07, 6.45) is 2.49. The van der Waals surface area contributed by atoms with E-state index >= 15 is 0 Å². The molecule has 1 amide bonds. The van der Waals surface area contributed by atoms with Crippen LogP contribution in [0.5, 0.6) is 0 Å². The standard InChI is InChI=1S/C19H18ClN3OS2/c1-3-14-6-4-5-7-17(14)23(13(2)24)19-22-16(12-26-19)11-25-18-9-8-15(20)10-21-18/h4-10,12H,3,11H2,1-2H3. The van der Waals surface area contributed by atoms with Crippen molar-refractivity contribution in [3.05, 3.63) is 64.3 Å². The van der Waals surface area contributed by atoms with Crippen molar-refractivity contribution in [2.75, 3.05) is 4.90 Å². The lowest BCUT2D eigenvalue weighted by molar-refractivity contribution is -0.115. The van der Waals surface area contributed by atoms with E-state index in [1.54, 1.807) is 29.8 Å². The summed E-state index contributed by atoms with van der Waals surface area (Å²) in [6, 6.07) is 11.7. The largest absolute Gasteiger partial charge is 0.274 e. The predicted octanol–water partition coefficient (Wildman–Crippen LogP) is 5.73. The Morgan fingerprint density at radius 2 is 2.08 bits per heavy atom. The molecule has 0 saturated carbocycles. The molecule has 134 valence electrons. The molecule has 1 aromatic carbocycles. The van der Waals surface area contributed by atoms with Gasteiger partial charge in [-0.3, -0.25) is 9.69 Å². The predicted molar refractivity (Wildman–Crippen MR) is 110 cm³/mol. The van der Waals surface area contributed by atoms with E-state index in [9.17, 15) is 4.79 Å². The number of amides is 1. The maximum Gasteiger partial charge on any atom is 0.230 e. The van der Waals surface area contributed by atoms with Crippen molar-refractivity contribution >= 4 is 51.4 Å². The number of para-hydroxylation sites is 1. The molecule has 0 unspecified atom stereocenters. The minimum atomic E-state index is -0.0428. The number of anilines is 2. The van der Waals surface area contributed by atoms with Gasteiger partial charge >= 0.3 is 0 Å². The molecule has 3 rings (SSSR count). The summed E-state index contributed by atoms with van der Waals surface area (Å²) in [5, 5.41) is 4.20. The van der Waals surface area contributed by atoms with E-state index < -0.39 is 0 Å². The van der Waals surface area contributed by atoms with Crippen molar-refractivity contribution in [1.82, 2.24) is 9.97 Å². The van der Waals surface area contributed by atoms with Gasteiger partial charge in [-0.05, 0) is 30.2 Å². The van der Waals surface area contributed by atoms with Crippen molar-refractivity contribution in [3.63, 3.8) is 0 Å². The first kappa shape index (κ1) is 18.9. The molecule has 2 heterocycles. The van der Waals surface area contributed by atoms with Crippen LogP contribution in [0.2, 0.25) is 5.02 Å². The van der Waals surface area contributed by atoms with E-state index in [2.05, 4.69) is 16.9 Å². The Hall–Kier alpha value is -1.89. The molecule has 0 fully saturated rings. The number of hydrogen-bond donors (Lipinski definition) is 0. The minimum absolute atomic E-state index is 0.0428. The zero-order valence-corrected chi connectivity index (χ0v) is 16.9. The number of halogens is 1. The smallest absolute Gasteiger partial charge is 0.230 e. The Morgan fingerprint density at radius 3 is 2.77 bits per heavy atom. The first-order chi connectivity index (χ1) is 12.6. The second-order valence-electron chi connectivity index (χ2n) is 5.56. The monoisotopic (exact) mass is 403 g/mol. The number of pyridine rings is 1. The molecule has 4 nitrogen and oxygen atoms in total. The Labute approximate surface area is 166 Å². The highest BCUT2D eigenvalue weighted by Gasteiger charge is 2.20. The van der Waals surface area contributed by atoms with Crippen LogP contribution in [-0.4, -0.2) is 15.9 Å². The normalized spacial score (nSPS) is 10.7. The maximum absolute atomic E-state index is 12.3. The van der Waals surface area contributed by atoms with Gasteiger partial charge in [0, 0.05) is 24.3 Å². The van der Waals surface area contributed by atoms with Crippen molar-refractivity contribution in [2.45, 2.75) is 31.0 Å². The summed E-state index contributed by atoms with van der Waals surface area (Å²) in [6.45, 7) is 3.65. The Morgan fingerprint density at radius 1 is 1.27 bits per heavy atom. The zero-order valence-electron chi connectivity index (χ0n) is 14.5. The summed E-state index contributed by atoms with van der Waals surface area (Å²) in [4.78, 5) is 22.9. The van der Waals surface area contributed by atoms with Gasteiger partial charge in [-0.15, -0.1) is 23.1 Å². The number of carbonyl (C=O) groups excluding carboxylic acids is 1. The van der Waals surface area contributed by atoms with Crippen molar-refractivity contribution in [3.8, 4) is 0 Å². The van der Waals surface area contributed by atoms with Crippen LogP contribution >= 0.6 is 34.7 Å². The first-order valence-corrected chi connectivity index (χ1v) is 10.4. The van der Waals surface area contributed by atoms with Crippen LogP contribution in [-0.2, 0) is 17.0 Å². The number of aromatic nitrogens is 2. The molecular formula is C19H18ClN3OS2. The fourth-order valence-electron chi connectivity index (χ4n) is 2.50. The topological polar surface area (TPSA) is 46.1 Å². The van der Waals surface area contributed by atoms with Crippen LogP contribution in [0.15, 0.2) is 53.0 Å². The van der Waals surface area contributed by atoms with Gasteiger partial charge in [-0.1, -0.05) is 36.7 Å². The van der Waals surface area contributed by atoms with Crippen molar-refractivity contribution in [1.29, 1.82) is 0 Å². The molecule has 0 atom stereocenters. The van der Waals surface area contributed by atoms with Gasteiger partial charge in [0.2, 0.25) is 5.91 Å². The quantitative estimate of drug-likeness (QED) is 0.493. The number of aryl methyl sites for hydroxylation is 1. The lowest BCUT2D eigenvalue weighted by atomic mass is 10.1. The van der Waals surface area contributed by atoms with E-state index in [1.807, 2.05) is 41.8 Å². The second kappa shape index (κ2) is 8.66. The third-order valence-corrected chi connectivity index (χ3v) is 5.80. The SMILES string of the molecule is CCc1ccccc1N(C(C)=O)c1nc(CSc2ccc(Cl)cn2)cs1. The fourth-order valence-corrected chi connectivity index (χ4v) is 4.33. The molecule has 2 aromatic heterocycles. The van der Waals surface area contributed by atoms with Crippen LogP contribution in [0.3, 0.4) is 0 Å². The van der Waals surface area contributed by atoms with E-state index in [4.69, 9.17) is 11.6 Å². The average molecular weight is 404 g/mol. The molecule has 0 N–H and O–H groups in total. The Balaban J connectivity index is 1.79. The molecule has 0 aliphatic heterocycles. The maximum atomic E-state index is 12.3. The number of carbonyl (C=O) groups is 1. The van der Waals surface area contributed by atoms with Crippen LogP contribution in [0.1, 0.15) is 25.1 Å². The number of benzene rings is 1. The lowest BCUT2D eigenvalue weighted by Crippen LogP contribution is -2.23. The van der Waals surface area contributed by atoms with Crippen LogP contribution in [0.25, 0.3) is 0 Å². The summed E-state index contributed by atoms with van der Waals surface area (Å²) in [5.74, 6) is 0.644. The van der Waals surface area contributed by atoms with Gasteiger partial charge in [-0.2, -0.15) is 0 Å². The van der Waals surface area contributed by atoms with Crippen LogP contribution in [0, 0.1) is 0 Å². The van der Waals surface area contributed by atoms with Crippen LogP contribution in [0.4, 0.5) is 10.8 Å². The molecule has 0 aliphatic carbocycles. The Bertz CT molecular complexity index is 896. The molecule has 0 bridgehead atoms. The van der Waals surface area contributed by atoms with E-state index in [0.29, 0.717) is 15.9 Å². The summed E-state index contributed by atoms with van der Waals surface area (Å²) in [7, 11) is 0. The highest BCUT2D eigenvalue weighted by atomic mass is 35.5. The molecular weight excluding hydrogens is 386 g/mol. The lowest BCUT2D eigenvalue weighted by Gasteiger charge is -2.20. The van der Waals surface area contributed by atoms with Gasteiger partial charge < -0.3 is 0 Å². The highest BCUT2D eigenvalue weighted by molar-refractivity contribution is 7.98. The fraction of sp³-hybridized carbons (Fsp3) is 0.211. The number of nitrogens with zero attached hydrogens (tertiary/aromatic N) is 3. The van der Waals surface area contributed by atoms with E-state index in [1.165, 1.54) is 11.3 Å². The second-order valence-corrected chi connectivity index (χ2v) is 7.83. The molecule has 7 heteroatoms. The minimum Gasteiger partial charge on any atom is -0.274 e. The van der Waals surface area contributed by atoms with E-state index in [0.717, 1.165) is 28.4 Å². The van der Waals surface area contributed by atoms with Gasteiger partial charge in [0.1, 0.15) is 0 Å². The third kappa shape index (κ3) is 4.44. The summed E-state index contributed by atoms with van der Waals surface area (Å²) in [5.41, 5.74) is 2.95. The van der Waals surface area contributed by atoms with Gasteiger partial charge in [0.05, 0.1) is 21.4 Å². The first-order valence-electron chi connectivity index (χ1n) is 8.16. The number of thiazole rings is 1. The number of thioether (sulfide) groups is 1. The Kier molecular flexibility index (Phi) is 6.29. The highest BCUT2D eigenvalue weighted by Crippen LogP contribution is 2.33. The summed E-state index contributed by atoms with van der Waals surface area (Å²) >= 11 is 8.93. The van der Waals surface area contributed by atoms with Crippen LogP contribution < -0.4 is 4.90 Å². The zero-order chi connectivity index (χ0) is 18.5. The summed E-state index contributed by atoms with van der Waals surface area (Å²) < 4.78 is 0. The van der Waals surface area contributed by atoms with Gasteiger partial charge in [0.25, 0.3) is 0 Å². The molecule has 0 spiro atoms. The van der Waals surface area contributed by atoms with Gasteiger partial charge in [0.15, 0.2) is 5.13 Å². The average Bonchev–Trinajstić information content (AvgIpc) is 3.10. The third-order valence-electron chi connectivity index (χ3n) is 3.73. The van der Waals surface area contributed by atoms with Crippen molar-refractivity contribution < 1.29 is 4.79 Å². The molecule has 0 radical (unpaired) electrons. The molecule has 3 aromatic rings. The molecule has 26 heavy (non-hydrogen) atoms. The van der Waals surface area contributed by atoms with E-state index in [-0.39, 0.29) is 5.91 Å². The van der Waals surface area contributed by atoms with Crippen molar-refractivity contribution in [2.24, 2.45) is 0 Å². The molecule has 0 saturated heterocycles. The number of rotatable bonds is 6.